The zero-order valence-electron chi connectivity index (χ0n) is 19.6. The van der Waals surface area contributed by atoms with Crippen LogP contribution >= 0.6 is 0 Å². The standard InChI is InChI=1S/C30H21N3O4/c34-27-22-11-5-4-10-20(22)21-15-14-19(17-25(21)27)31-30(37)32-26(16-18-8-2-1-3-9-18)33-28(35)23-12-6-7-13-24(23)29(33)36/h1-15,17,26H,16H2,(H2,31,32,37). The minimum atomic E-state index is -0.921. The van der Waals surface area contributed by atoms with Crippen LogP contribution in [0.1, 0.15) is 42.2 Å². The van der Waals surface area contributed by atoms with Crippen LogP contribution < -0.4 is 10.6 Å². The molecule has 2 aliphatic rings. The SMILES string of the molecule is O=C(Nc1ccc2c(c1)C(=O)c1ccccc1-2)NC(Cc1ccccc1)N1C(=O)c2ccccc2C1=O. The molecule has 0 bridgehead atoms. The van der Waals surface area contributed by atoms with E-state index in [1.165, 1.54) is 0 Å². The molecule has 1 heterocycles. The molecule has 1 unspecified atom stereocenters. The van der Waals surface area contributed by atoms with Gasteiger partial charge in [-0.25, -0.2) is 4.79 Å². The lowest BCUT2D eigenvalue weighted by molar-refractivity contribution is 0.0565. The first kappa shape index (κ1) is 22.4. The number of nitrogens with zero attached hydrogens (tertiary/aromatic N) is 1. The van der Waals surface area contributed by atoms with Crippen molar-refractivity contribution in [3.8, 4) is 11.1 Å². The van der Waals surface area contributed by atoms with Crippen LogP contribution in [0, 0.1) is 0 Å². The van der Waals surface area contributed by atoms with E-state index in [1.807, 2.05) is 48.5 Å². The third kappa shape index (κ3) is 3.87. The fourth-order valence-corrected chi connectivity index (χ4v) is 4.96. The number of ketones is 1. The van der Waals surface area contributed by atoms with E-state index in [0.717, 1.165) is 21.6 Å². The number of amides is 4. The molecule has 7 nitrogen and oxygen atoms in total. The zero-order chi connectivity index (χ0) is 25.5. The van der Waals surface area contributed by atoms with Gasteiger partial charge in [-0.1, -0.05) is 72.8 Å². The van der Waals surface area contributed by atoms with Crippen molar-refractivity contribution in [1.82, 2.24) is 10.2 Å². The quantitative estimate of drug-likeness (QED) is 0.345. The molecule has 2 N–H and O–H groups in total. The molecule has 4 aromatic rings. The van der Waals surface area contributed by atoms with Crippen LogP contribution in [0.2, 0.25) is 0 Å². The third-order valence-electron chi connectivity index (χ3n) is 6.69. The summed E-state index contributed by atoms with van der Waals surface area (Å²) in [7, 11) is 0. The van der Waals surface area contributed by atoms with Gasteiger partial charge in [-0.2, -0.15) is 0 Å². The molecule has 7 heteroatoms. The van der Waals surface area contributed by atoms with Crippen LogP contribution in [-0.4, -0.2) is 34.7 Å². The Balaban J connectivity index is 1.25. The molecule has 1 aliphatic carbocycles. The van der Waals surface area contributed by atoms with E-state index in [-0.39, 0.29) is 12.2 Å². The van der Waals surface area contributed by atoms with Crippen LogP contribution in [0.15, 0.2) is 97.1 Å². The largest absolute Gasteiger partial charge is 0.320 e. The summed E-state index contributed by atoms with van der Waals surface area (Å²) in [6.45, 7) is 0. The van der Waals surface area contributed by atoms with Crippen molar-refractivity contribution in [2.75, 3.05) is 5.32 Å². The van der Waals surface area contributed by atoms with Gasteiger partial charge in [-0.3, -0.25) is 19.3 Å². The second kappa shape index (κ2) is 8.87. The lowest BCUT2D eigenvalue weighted by atomic mass is 10.1. The van der Waals surface area contributed by atoms with Gasteiger partial charge in [0.2, 0.25) is 0 Å². The van der Waals surface area contributed by atoms with E-state index >= 15 is 0 Å². The summed E-state index contributed by atoms with van der Waals surface area (Å²) in [5, 5.41) is 5.55. The molecule has 37 heavy (non-hydrogen) atoms. The highest BCUT2D eigenvalue weighted by molar-refractivity contribution is 6.22. The number of nitrogens with one attached hydrogen (secondary N) is 2. The topological polar surface area (TPSA) is 95.6 Å². The van der Waals surface area contributed by atoms with Crippen molar-refractivity contribution >= 4 is 29.3 Å². The summed E-state index contributed by atoms with van der Waals surface area (Å²) in [5.41, 5.74) is 4.73. The van der Waals surface area contributed by atoms with Gasteiger partial charge in [-0.15, -0.1) is 0 Å². The smallest absolute Gasteiger partial charge is 0.317 e. The molecular weight excluding hydrogens is 466 g/mol. The number of rotatable bonds is 5. The van der Waals surface area contributed by atoms with Gasteiger partial charge in [0.15, 0.2) is 5.78 Å². The first-order chi connectivity index (χ1) is 18.0. The Morgan fingerprint density at radius 3 is 1.89 bits per heavy atom. The molecule has 0 radical (unpaired) electrons. The van der Waals surface area contributed by atoms with E-state index in [9.17, 15) is 19.2 Å². The fourth-order valence-electron chi connectivity index (χ4n) is 4.96. The molecule has 0 saturated heterocycles. The van der Waals surface area contributed by atoms with Gasteiger partial charge < -0.3 is 10.6 Å². The predicted molar refractivity (Wildman–Crippen MR) is 138 cm³/mol. The second-order valence-electron chi connectivity index (χ2n) is 8.96. The van der Waals surface area contributed by atoms with E-state index in [2.05, 4.69) is 10.6 Å². The van der Waals surface area contributed by atoms with Crippen LogP contribution in [-0.2, 0) is 6.42 Å². The van der Waals surface area contributed by atoms with Gasteiger partial charge in [0, 0.05) is 23.2 Å². The number of carbonyl (C=O) groups excluding carboxylic acids is 4. The average molecular weight is 488 g/mol. The van der Waals surface area contributed by atoms with E-state index in [1.54, 1.807) is 48.5 Å². The van der Waals surface area contributed by atoms with Crippen molar-refractivity contribution in [3.05, 3.63) is 125 Å². The maximum Gasteiger partial charge on any atom is 0.320 e. The summed E-state index contributed by atoms with van der Waals surface area (Å²) in [6.07, 6.45) is -0.687. The molecule has 6 rings (SSSR count). The number of fused-ring (bicyclic) bond motifs is 4. The van der Waals surface area contributed by atoms with Crippen molar-refractivity contribution in [2.45, 2.75) is 12.6 Å². The van der Waals surface area contributed by atoms with Crippen LogP contribution in [0.25, 0.3) is 11.1 Å². The van der Waals surface area contributed by atoms with Crippen LogP contribution in [0.5, 0.6) is 0 Å². The van der Waals surface area contributed by atoms with Crippen LogP contribution in [0.3, 0.4) is 0 Å². The minimum Gasteiger partial charge on any atom is -0.317 e. The van der Waals surface area contributed by atoms with Gasteiger partial charge >= 0.3 is 6.03 Å². The lowest BCUT2D eigenvalue weighted by Gasteiger charge is -2.27. The second-order valence-corrected chi connectivity index (χ2v) is 8.96. The van der Waals surface area contributed by atoms with Crippen LogP contribution in [0.4, 0.5) is 10.5 Å². The molecule has 0 saturated carbocycles. The van der Waals surface area contributed by atoms with Gasteiger partial charge in [0.05, 0.1) is 11.1 Å². The summed E-state index contributed by atoms with van der Waals surface area (Å²) in [5.74, 6) is -1.01. The summed E-state index contributed by atoms with van der Waals surface area (Å²) >= 11 is 0. The average Bonchev–Trinajstić information content (AvgIpc) is 3.34. The molecule has 180 valence electrons. The summed E-state index contributed by atoms with van der Waals surface area (Å²) < 4.78 is 0. The first-order valence-corrected chi connectivity index (χ1v) is 11.9. The molecule has 0 aromatic heterocycles. The van der Waals surface area contributed by atoms with Gasteiger partial charge in [0.1, 0.15) is 6.17 Å². The highest BCUT2D eigenvalue weighted by Crippen LogP contribution is 2.37. The number of carbonyl (C=O) groups is 4. The predicted octanol–water partition coefficient (Wildman–Crippen LogP) is 4.88. The van der Waals surface area contributed by atoms with Crippen molar-refractivity contribution in [2.24, 2.45) is 0 Å². The highest BCUT2D eigenvalue weighted by Gasteiger charge is 2.40. The molecule has 4 aromatic carbocycles. The first-order valence-electron chi connectivity index (χ1n) is 11.9. The van der Waals surface area contributed by atoms with E-state index in [0.29, 0.717) is 27.9 Å². The molecule has 1 atom stereocenters. The fraction of sp³-hybridized carbons (Fsp3) is 0.0667. The monoisotopic (exact) mass is 487 g/mol. The van der Waals surface area contributed by atoms with Crippen molar-refractivity contribution < 1.29 is 19.2 Å². The molecule has 0 fully saturated rings. The zero-order valence-corrected chi connectivity index (χ0v) is 19.6. The molecule has 1 aliphatic heterocycles. The van der Waals surface area contributed by atoms with Gasteiger partial charge in [-0.05, 0) is 41.0 Å². The lowest BCUT2D eigenvalue weighted by Crippen LogP contribution is -2.53. The Bertz CT molecular complexity index is 1560. The van der Waals surface area contributed by atoms with Gasteiger partial charge in [0.25, 0.3) is 11.8 Å². The number of benzene rings is 4. The maximum absolute atomic E-state index is 13.1. The molecular formula is C30H21N3O4. The Morgan fingerprint density at radius 1 is 0.649 bits per heavy atom. The maximum atomic E-state index is 13.1. The van der Waals surface area contributed by atoms with Crippen molar-refractivity contribution in [3.63, 3.8) is 0 Å². The Morgan fingerprint density at radius 2 is 1.22 bits per heavy atom. The normalized spacial score (nSPS) is 14.2. The summed E-state index contributed by atoms with van der Waals surface area (Å²) in [6, 6.07) is 27.9. The third-order valence-corrected chi connectivity index (χ3v) is 6.69. The minimum absolute atomic E-state index is 0.0948. The number of hydrogen-bond donors (Lipinski definition) is 2. The highest BCUT2D eigenvalue weighted by atomic mass is 16.2. The Labute approximate surface area is 212 Å². The molecule has 4 amide bonds. The Hall–Kier alpha value is -5.04. The number of urea groups is 1. The van der Waals surface area contributed by atoms with E-state index in [4.69, 9.17) is 0 Å². The number of hydrogen-bond acceptors (Lipinski definition) is 4. The number of anilines is 1. The summed E-state index contributed by atoms with van der Waals surface area (Å²) in [4.78, 5) is 53.3. The number of imide groups is 1. The van der Waals surface area contributed by atoms with E-state index < -0.39 is 24.0 Å². The molecule has 0 spiro atoms. The Kier molecular flexibility index (Phi) is 5.38. The van der Waals surface area contributed by atoms with Crippen molar-refractivity contribution in [1.29, 1.82) is 0 Å².